The fourth-order valence-electron chi connectivity index (χ4n) is 5.59. The molecule has 3 atom stereocenters. The van der Waals surface area contributed by atoms with Crippen molar-refractivity contribution in [2.45, 2.75) is 29.0 Å². The average molecular weight is 684 g/mol. The van der Waals surface area contributed by atoms with Crippen LogP contribution in [0, 0.1) is 0 Å². The molecule has 0 spiro atoms. The number of anilines is 1. The number of benzene rings is 2. The first-order chi connectivity index (χ1) is 19.3. The number of hydrogen-bond donors (Lipinski definition) is 1. The molecule has 1 unspecified atom stereocenters. The SMILES string of the molecule is COc1ccccc1C1(N2C[C@H](O)C[C@H]2C(=O)N(C)C)C(=O)N(S(=O)(=O)c2cnc(Cl)c(Br)c2)c2ccc(Cl)cc21. The molecule has 5 rings (SSSR count). The van der Waals surface area contributed by atoms with Crippen LogP contribution in [0.5, 0.6) is 5.75 Å². The summed E-state index contributed by atoms with van der Waals surface area (Å²) in [5, 5.41) is 11.1. The Morgan fingerprint density at radius 2 is 1.88 bits per heavy atom. The number of pyridine rings is 1. The van der Waals surface area contributed by atoms with Gasteiger partial charge in [0.25, 0.3) is 15.9 Å². The predicted molar refractivity (Wildman–Crippen MR) is 157 cm³/mol. The molecule has 14 heteroatoms. The Labute approximate surface area is 255 Å². The molecule has 0 aliphatic carbocycles. The van der Waals surface area contributed by atoms with Crippen LogP contribution in [0.4, 0.5) is 5.69 Å². The van der Waals surface area contributed by atoms with Gasteiger partial charge in [-0.3, -0.25) is 14.5 Å². The molecule has 1 saturated heterocycles. The molecule has 2 aromatic carbocycles. The third-order valence-corrected chi connectivity index (χ3v) is 10.3. The van der Waals surface area contributed by atoms with Crippen molar-refractivity contribution in [2.24, 2.45) is 0 Å². The second-order valence-electron chi connectivity index (χ2n) is 9.88. The molecule has 2 amide bonds. The van der Waals surface area contributed by atoms with E-state index in [1.807, 2.05) is 0 Å². The van der Waals surface area contributed by atoms with Gasteiger partial charge in [-0.05, 0) is 52.7 Å². The van der Waals surface area contributed by atoms with Gasteiger partial charge in [-0.25, -0.2) is 17.7 Å². The first kappa shape index (κ1) is 29.7. The first-order valence-electron chi connectivity index (χ1n) is 12.4. The number of sulfonamides is 1. The lowest BCUT2D eigenvalue weighted by atomic mass is 9.80. The highest BCUT2D eigenvalue weighted by Gasteiger charge is 2.64. The van der Waals surface area contributed by atoms with Crippen LogP contribution in [0.15, 0.2) is 64.1 Å². The van der Waals surface area contributed by atoms with Gasteiger partial charge in [-0.15, -0.1) is 0 Å². The van der Waals surface area contributed by atoms with E-state index in [9.17, 15) is 18.3 Å². The Bertz CT molecular complexity index is 1670. The summed E-state index contributed by atoms with van der Waals surface area (Å²) < 4.78 is 35.0. The summed E-state index contributed by atoms with van der Waals surface area (Å²) in [6.07, 6.45) is 0.109. The molecule has 0 bridgehead atoms. The molecular weight excluding hydrogens is 659 g/mol. The Balaban J connectivity index is 1.87. The van der Waals surface area contributed by atoms with Crippen LogP contribution < -0.4 is 9.04 Å². The van der Waals surface area contributed by atoms with Crippen LogP contribution in [0.3, 0.4) is 0 Å². The van der Waals surface area contributed by atoms with Crippen molar-refractivity contribution in [3.05, 3.63) is 80.5 Å². The molecule has 3 heterocycles. The minimum absolute atomic E-state index is 0.0257. The smallest absolute Gasteiger partial charge is 0.272 e. The summed E-state index contributed by atoms with van der Waals surface area (Å²) in [5.74, 6) is -0.977. The van der Waals surface area contributed by atoms with E-state index in [0.29, 0.717) is 4.31 Å². The van der Waals surface area contributed by atoms with Crippen molar-refractivity contribution < 1.29 is 27.9 Å². The van der Waals surface area contributed by atoms with E-state index in [0.717, 1.165) is 6.20 Å². The van der Waals surface area contributed by atoms with Crippen LogP contribution >= 0.6 is 39.1 Å². The Hall–Kier alpha value is -2.74. The van der Waals surface area contributed by atoms with Crippen LogP contribution in [-0.4, -0.2) is 80.0 Å². The number of ether oxygens (including phenoxy) is 1. The van der Waals surface area contributed by atoms with Gasteiger partial charge >= 0.3 is 0 Å². The van der Waals surface area contributed by atoms with E-state index in [1.165, 1.54) is 36.3 Å². The largest absolute Gasteiger partial charge is 0.496 e. The number of β-amino-alcohol motifs (C(OH)–C–C–N with tert-alkyl or cyclic N) is 1. The average Bonchev–Trinajstić information content (AvgIpc) is 3.44. The summed E-state index contributed by atoms with van der Waals surface area (Å²) in [4.78, 5) is 35.1. The number of aliphatic hydroxyl groups excluding tert-OH is 1. The number of likely N-dealkylation sites (N-methyl/N-ethyl adjacent to an activating group) is 1. The number of likely N-dealkylation sites (tertiary alicyclic amines) is 1. The molecule has 10 nitrogen and oxygen atoms in total. The second kappa shape index (κ2) is 10.8. The van der Waals surface area contributed by atoms with Crippen LogP contribution in [0.25, 0.3) is 0 Å². The van der Waals surface area contributed by atoms with Crippen molar-refractivity contribution in [2.75, 3.05) is 32.1 Å². The van der Waals surface area contributed by atoms with Gasteiger partial charge in [0.1, 0.15) is 15.8 Å². The molecule has 2 aliphatic rings. The summed E-state index contributed by atoms with van der Waals surface area (Å²) in [6.45, 7) is -0.109. The molecule has 1 fully saturated rings. The number of fused-ring (bicyclic) bond motifs is 1. The Morgan fingerprint density at radius 3 is 2.54 bits per heavy atom. The van der Waals surface area contributed by atoms with Crippen molar-refractivity contribution in [1.82, 2.24) is 14.8 Å². The monoisotopic (exact) mass is 682 g/mol. The molecule has 2 aliphatic heterocycles. The Kier molecular flexibility index (Phi) is 7.86. The zero-order chi connectivity index (χ0) is 29.9. The normalized spacial score (nSPS) is 22.6. The number of para-hydroxylation sites is 1. The van der Waals surface area contributed by atoms with Crippen molar-refractivity contribution in [1.29, 1.82) is 0 Å². The minimum atomic E-state index is -4.58. The fraction of sp³-hybridized carbons (Fsp3) is 0.296. The fourth-order valence-corrected chi connectivity index (χ4v) is 7.80. The number of nitrogens with zero attached hydrogens (tertiary/aromatic N) is 4. The quantitative estimate of drug-likeness (QED) is 0.391. The van der Waals surface area contributed by atoms with Gasteiger partial charge in [0.15, 0.2) is 5.54 Å². The lowest BCUT2D eigenvalue weighted by molar-refractivity contribution is -0.138. The molecule has 0 radical (unpaired) electrons. The standard InChI is InChI=1S/C27H25BrCl2N4O6S/c1-32(2)25(36)22-11-16(35)14-33(22)27(18-6-4-5-7-23(18)40-3)19-10-15(29)8-9-21(19)34(26(27)37)41(38,39)17-12-20(28)24(30)31-13-17/h4-10,12-13,16,22,35H,11,14H2,1-3H3/t16-,22+,27?/m1/s1. The van der Waals surface area contributed by atoms with E-state index in [2.05, 4.69) is 20.9 Å². The number of aromatic nitrogens is 1. The maximum atomic E-state index is 15.0. The molecular formula is C27H25BrCl2N4O6S. The molecule has 0 saturated carbocycles. The highest BCUT2D eigenvalue weighted by atomic mass is 79.9. The highest BCUT2D eigenvalue weighted by molar-refractivity contribution is 9.10. The summed E-state index contributed by atoms with van der Waals surface area (Å²) in [6, 6.07) is 11.4. The lowest BCUT2D eigenvalue weighted by Crippen LogP contribution is -2.59. The van der Waals surface area contributed by atoms with Gasteiger partial charge in [0, 0.05) is 43.0 Å². The van der Waals surface area contributed by atoms with Gasteiger partial charge in [-0.1, -0.05) is 41.4 Å². The molecule has 216 valence electrons. The second-order valence-corrected chi connectivity index (χ2v) is 13.3. The highest BCUT2D eigenvalue weighted by Crippen LogP contribution is 2.55. The summed E-state index contributed by atoms with van der Waals surface area (Å²) >= 11 is 15.7. The number of carbonyl (C=O) groups excluding carboxylic acids is 2. The van der Waals surface area contributed by atoms with Gasteiger partial charge in [0.05, 0.1) is 29.4 Å². The minimum Gasteiger partial charge on any atom is -0.496 e. The van der Waals surface area contributed by atoms with Crippen molar-refractivity contribution >= 4 is 66.7 Å². The summed E-state index contributed by atoms with van der Waals surface area (Å²) in [7, 11) is -0.00911. The number of halogens is 3. The Morgan fingerprint density at radius 1 is 1.17 bits per heavy atom. The van der Waals surface area contributed by atoms with E-state index >= 15 is 4.79 Å². The van der Waals surface area contributed by atoms with E-state index in [4.69, 9.17) is 27.9 Å². The van der Waals surface area contributed by atoms with Crippen molar-refractivity contribution in [3.63, 3.8) is 0 Å². The third kappa shape index (κ3) is 4.61. The topological polar surface area (TPSA) is 120 Å². The van der Waals surface area contributed by atoms with Crippen LogP contribution in [-0.2, 0) is 25.2 Å². The molecule has 1 aromatic heterocycles. The number of carbonyl (C=O) groups is 2. The number of methoxy groups -OCH3 is 1. The number of amides is 2. The maximum Gasteiger partial charge on any atom is 0.272 e. The lowest BCUT2D eigenvalue weighted by Gasteiger charge is -2.42. The van der Waals surface area contributed by atoms with E-state index in [1.54, 1.807) is 43.3 Å². The zero-order valence-corrected chi connectivity index (χ0v) is 26.0. The number of hydrogen-bond acceptors (Lipinski definition) is 8. The first-order valence-corrected chi connectivity index (χ1v) is 15.3. The number of aliphatic hydroxyl groups is 1. The van der Waals surface area contributed by atoms with Crippen molar-refractivity contribution in [3.8, 4) is 5.75 Å². The van der Waals surface area contributed by atoms with Gasteiger partial charge in [0.2, 0.25) is 5.91 Å². The zero-order valence-electron chi connectivity index (χ0n) is 22.1. The molecule has 3 aromatic rings. The third-order valence-electron chi connectivity index (χ3n) is 7.30. The molecule has 41 heavy (non-hydrogen) atoms. The predicted octanol–water partition coefficient (Wildman–Crippen LogP) is 3.66. The molecule has 1 N–H and O–H groups in total. The summed E-state index contributed by atoms with van der Waals surface area (Å²) in [5.41, 5.74) is -1.39. The van der Waals surface area contributed by atoms with Gasteiger partial charge in [-0.2, -0.15) is 0 Å². The van der Waals surface area contributed by atoms with Gasteiger partial charge < -0.3 is 14.7 Å². The van der Waals surface area contributed by atoms with E-state index < -0.39 is 33.6 Å². The number of rotatable bonds is 6. The van der Waals surface area contributed by atoms with Crippen LogP contribution in [0.2, 0.25) is 10.2 Å². The van der Waals surface area contributed by atoms with Crippen LogP contribution in [0.1, 0.15) is 17.5 Å². The maximum absolute atomic E-state index is 15.0. The van der Waals surface area contributed by atoms with E-state index in [-0.39, 0.29) is 61.0 Å².